The molecule has 2 heterocycles. The Hall–Kier alpha value is -3.37. The Morgan fingerprint density at radius 1 is 0.710 bits per heavy atom. The van der Waals surface area contributed by atoms with Crippen LogP contribution in [0.2, 0.25) is 0 Å². The monoisotopic (exact) mass is 408 g/mol. The molecular formula is C27H28N4. The number of nitrogens with zero attached hydrogens (tertiary/aromatic N) is 3. The van der Waals surface area contributed by atoms with E-state index in [2.05, 4.69) is 77.1 Å². The molecule has 1 fully saturated rings. The van der Waals surface area contributed by atoms with E-state index in [1.165, 1.54) is 42.7 Å². The minimum Gasteiger partial charge on any atom is -0.372 e. The molecule has 5 rings (SSSR count). The molecule has 3 aromatic carbocycles. The Morgan fingerprint density at radius 3 is 2.10 bits per heavy atom. The third kappa shape index (κ3) is 4.54. The van der Waals surface area contributed by atoms with E-state index < -0.39 is 0 Å². The van der Waals surface area contributed by atoms with Crippen LogP contribution in [0, 0.1) is 0 Å². The molecule has 1 aliphatic heterocycles. The molecule has 4 heteroatoms. The summed E-state index contributed by atoms with van der Waals surface area (Å²) < 4.78 is 1.98. The topological polar surface area (TPSA) is 33.1 Å². The summed E-state index contributed by atoms with van der Waals surface area (Å²) in [6.45, 7) is 3.98. The summed E-state index contributed by atoms with van der Waals surface area (Å²) in [7, 11) is 0. The summed E-state index contributed by atoms with van der Waals surface area (Å²) in [5.41, 5.74) is 7.09. The summed E-state index contributed by atoms with van der Waals surface area (Å²) in [4.78, 5) is 2.47. The highest BCUT2D eigenvalue weighted by molar-refractivity contribution is 5.63. The number of anilines is 1. The molecule has 0 radical (unpaired) electrons. The first-order valence-electron chi connectivity index (χ1n) is 11.1. The number of hydrogen-bond acceptors (Lipinski definition) is 3. The highest BCUT2D eigenvalue weighted by atomic mass is 15.3. The number of benzene rings is 3. The second-order valence-corrected chi connectivity index (χ2v) is 8.11. The zero-order valence-corrected chi connectivity index (χ0v) is 17.7. The number of hydrogen-bond donors (Lipinski definition) is 1. The SMILES string of the molecule is c1ccc(-c2nn(-c3ccccc3)cc2CNCc2ccc(N3CCCC3)cc2)cc1. The quantitative estimate of drug-likeness (QED) is 0.443. The standard InChI is InChI=1S/C27H28N4/c1-3-9-23(10-4-1)27-24(21-31(29-27)26-11-5-2-6-12-26)20-28-19-22-13-15-25(16-14-22)30-17-7-8-18-30/h1-6,9-16,21,28H,7-8,17-20H2. The van der Waals surface area contributed by atoms with E-state index in [9.17, 15) is 0 Å². The van der Waals surface area contributed by atoms with Gasteiger partial charge in [-0.3, -0.25) is 0 Å². The molecule has 0 amide bonds. The lowest BCUT2D eigenvalue weighted by atomic mass is 10.1. The van der Waals surface area contributed by atoms with Crippen molar-refractivity contribution in [3.63, 3.8) is 0 Å². The fourth-order valence-corrected chi connectivity index (χ4v) is 4.23. The fraction of sp³-hybridized carbons (Fsp3) is 0.222. The first-order chi connectivity index (χ1) is 15.4. The second kappa shape index (κ2) is 9.19. The van der Waals surface area contributed by atoms with Crippen LogP contribution >= 0.6 is 0 Å². The van der Waals surface area contributed by atoms with E-state index in [1.54, 1.807) is 0 Å². The summed E-state index contributed by atoms with van der Waals surface area (Å²) in [5, 5.41) is 8.52. The molecule has 0 saturated carbocycles. The van der Waals surface area contributed by atoms with Gasteiger partial charge in [0, 0.05) is 49.2 Å². The van der Waals surface area contributed by atoms with Gasteiger partial charge in [0.05, 0.1) is 11.4 Å². The van der Waals surface area contributed by atoms with E-state index in [0.717, 1.165) is 30.0 Å². The summed E-state index contributed by atoms with van der Waals surface area (Å²) in [5.74, 6) is 0. The van der Waals surface area contributed by atoms with Crippen molar-refractivity contribution in [3.8, 4) is 16.9 Å². The summed E-state index contributed by atoms with van der Waals surface area (Å²) in [6, 6.07) is 29.7. The first-order valence-corrected chi connectivity index (χ1v) is 11.1. The van der Waals surface area contributed by atoms with Gasteiger partial charge in [-0.2, -0.15) is 5.10 Å². The van der Waals surface area contributed by atoms with E-state index in [-0.39, 0.29) is 0 Å². The molecular weight excluding hydrogens is 380 g/mol. The lowest BCUT2D eigenvalue weighted by Gasteiger charge is -2.17. The van der Waals surface area contributed by atoms with Gasteiger partial charge in [0.2, 0.25) is 0 Å². The van der Waals surface area contributed by atoms with Crippen LogP contribution in [0.1, 0.15) is 24.0 Å². The Kier molecular flexibility index (Phi) is 5.81. The van der Waals surface area contributed by atoms with Gasteiger partial charge in [-0.15, -0.1) is 0 Å². The third-order valence-electron chi connectivity index (χ3n) is 5.91. The van der Waals surface area contributed by atoms with Crippen molar-refractivity contribution in [1.82, 2.24) is 15.1 Å². The van der Waals surface area contributed by atoms with Gasteiger partial charge in [-0.25, -0.2) is 4.68 Å². The molecule has 4 nitrogen and oxygen atoms in total. The zero-order valence-electron chi connectivity index (χ0n) is 17.7. The zero-order chi connectivity index (χ0) is 20.9. The fourth-order valence-electron chi connectivity index (χ4n) is 4.23. The number of para-hydroxylation sites is 1. The lowest BCUT2D eigenvalue weighted by Crippen LogP contribution is -2.17. The van der Waals surface area contributed by atoms with Crippen molar-refractivity contribution in [2.75, 3.05) is 18.0 Å². The molecule has 0 atom stereocenters. The van der Waals surface area contributed by atoms with Crippen LogP contribution in [0.3, 0.4) is 0 Å². The van der Waals surface area contributed by atoms with Gasteiger partial charge in [0.1, 0.15) is 0 Å². The molecule has 1 aliphatic rings. The van der Waals surface area contributed by atoms with Gasteiger partial charge < -0.3 is 10.2 Å². The average Bonchev–Trinajstić information content (AvgIpc) is 3.52. The molecule has 4 aromatic rings. The average molecular weight is 409 g/mol. The Balaban J connectivity index is 1.30. The van der Waals surface area contributed by atoms with Crippen molar-refractivity contribution >= 4 is 5.69 Å². The molecule has 31 heavy (non-hydrogen) atoms. The summed E-state index contributed by atoms with van der Waals surface area (Å²) in [6.07, 6.45) is 4.76. The van der Waals surface area contributed by atoms with Crippen LogP contribution in [0.5, 0.6) is 0 Å². The minimum atomic E-state index is 0.769. The smallest absolute Gasteiger partial charge is 0.0972 e. The normalized spacial score (nSPS) is 13.6. The van der Waals surface area contributed by atoms with Crippen LogP contribution in [-0.4, -0.2) is 22.9 Å². The van der Waals surface area contributed by atoms with E-state index in [4.69, 9.17) is 5.10 Å². The van der Waals surface area contributed by atoms with Crippen LogP contribution in [0.4, 0.5) is 5.69 Å². The number of rotatable bonds is 7. The number of nitrogens with one attached hydrogen (secondary N) is 1. The van der Waals surface area contributed by atoms with Crippen LogP contribution in [-0.2, 0) is 13.1 Å². The van der Waals surface area contributed by atoms with Crippen molar-refractivity contribution in [3.05, 3.63) is 102 Å². The largest absolute Gasteiger partial charge is 0.372 e. The van der Waals surface area contributed by atoms with Gasteiger partial charge in [-0.05, 0) is 42.7 Å². The predicted molar refractivity (Wildman–Crippen MR) is 127 cm³/mol. The molecule has 0 aliphatic carbocycles. The van der Waals surface area contributed by atoms with Gasteiger partial charge in [-0.1, -0.05) is 60.7 Å². The molecule has 0 spiro atoms. The molecule has 1 saturated heterocycles. The van der Waals surface area contributed by atoms with Crippen molar-refractivity contribution in [1.29, 1.82) is 0 Å². The molecule has 1 N–H and O–H groups in total. The maximum absolute atomic E-state index is 4.90. The maximum Gasteiger partial charge on any atom is 0.0972 e. The minimum absolute atomic E-state index is 0.769. The maximum atomic E-state index is 4.90. The number of aromatic nitrogens is 2. The highest BCUT2D eigenvalue weighted by Gasteiger charge is 2.13. The van der Waals surface area contributed by atoms with Crippen molar-refractivity contribution < 1.29 is 0 Å². The van der Waals surface area contributed by atoms with Crippen LogP contribution in [0.15, 0.2) is 91.1 Å². The first kappa shape index (κ1) is 19.6. The van der Waals surface area contributed by atoms with E-state index >= 15 is 0 Å². The molecule has 0 bridgehead atoms. The Morgan fingerprint density at radius 2 is 1.39 bits per heavy atom. The van der Waals surface area contributed by atoms with E-state index in [0.29, 0.717) is 0 Å². The predicted octanol–water partition coefficient (Wildman–Crippen LogP) is 5.43. The molecule has 156 valence electrons. The molecule has 1 aromatic heterocycles. The second-order valence-electron chi connectivity index (χ2n) is 8.11. The molecule has 0 unspecified atom stereocenters. The Labute approximate surface area is 184 Å². The van der Waals surface area contributed by atoms with E-state index in [1.807, 2.05) is 28.9 Å². The van der Waals surface area contributed by atoms with Crippen LogP contribution in [0.25, 0.3) is 16.9 Å². The summed E-state index contributed by atoms with van der Waals surface area (Å²) >= 11 is 0. The van der Waals surface area contributed by atoms with Crippen molar-refractivity contribution in [2.24, 2.45) is 0 Å². The van der Waals surface area contributed by atoms with Crippen molar-refractivity contribution in [2.45, 2.75) is 25.9 Å². The van der Waals surface area contributed by atoms with Gasteiger partial charge in [0.15, 0.2) is 0 Å². The third-order valence-corrected chi connectivity index (χ3v) is 5.91. The van der Waals surface area contributed by atoms with Crippen LogP contribution < -0.4 is 10.2 Å². The Bertz CT molecular complexity index is 1100. The van der Waals surface area contributed by atoms with Gasteiger partial charge in [0.25, 0.3) is 0 Å². The highest BCUT2D eigenvalue weighted by Crippen LogP contribution is 2.24. The lowest BCUT2D eigenvalue weighted by molar-refractivity contribution is 0.694. The van der Waals surface area contributed by atoms with Gasteiger partial charge >= 0.3 is 0 Å².